The van der Waals surface area contributed by atoms with Crippen molar-refractivity contribution in [1.29, 1.82) is 0 Å². The Bertz CT molecular complexity index is 441. The van der Waals surface area contributed by atoms with E-state index >= 15 is 0 Å². The zero-order valence-electron chi connectivity index (χ0n) is 11.9. The molecule has 1 heterocycles. The van der Waals surface area contributed by atoms with Gasteiger partial charge in [-0.25, -0.2) is 9.97 Å². The Balaban J connectivity index is 2.33. The largest absolute Gasteiger partial charge is 0.395 e. The number of nitrogens with zero attached hydrogens (tertiary/aromatic N) is 3. The highest BCUT2D eigenvalue weighted by Crippen LogP contribution is 2.30. The van der Waals surface area contributed by atoms with Gasteiger partial charge in [-0.05, 0) is 19.3 Å². The van der Waals surface area contributed by atoms with Gasteiger partial charge in [-0.3, -0.25) is 0 Å². The van der Waals surface area contributed by atoms with E-state index in [1.54, 1.807) is 6.07 Å². The molecule has 0 atom stereocenters. The van der Waals surface area contributed by atoms with E-state index in [4.69, 9.17) is 11.6 Å². The van der Waals surface area contributed by atoms with Gasteiger partial charge in [-0.15, -0.1) is 0 Å². The molecule has 1 aliphatic carbocycles. The summed E-state index contributed by atoms with van der Waals surface area (Å²) in [7, 11) is 0. The topological polar surface area (TPSA) is 49.2 Å². The Hall–Kier alpha value is -0.870. The normalized spacial score (nSPS) is 16.3. The Labute approximate surface area is 119 Å². The molecule has 0 unspecified atom stereocenters. The number of aliphatic hydroxyl groups is 1. The average Bonchev–Trinajstić information content (AvgIpc) is 2.24. The van der Waals surface area contributed by atoms with Crippen LogP contribution in [-0.2, 0) is 5.41 Å². The summed E-state index contributed by atoms with van der Waals surface area (Å²) < 4.78 is 0. The highest BCUT2D eigenvalue weighted by Gasteiger charge is 2.27. The summed E-state index contributed by atoms with van der Waals surface area (Å²) in [6.07, 6.45) is 3.57. The third-order valence-electron chi connectivity index (χ3n) is 3.50. The van der Waals surface area contributed by atoms with Crippen LogP contribution in [0.15, 0.2) is 6.07 Å². The number of aliphatic hydroxyl groups excluding tert-OH is 1. The van der Waals surface area contributed by atoms with Gasteiger partial charge in [0, 0.05) is 24.1 Å². The van der Waals surface area contributed by atoms with Gasteiger partial charge in [-0.2, -0.15) is 0 Å². The molecule has 0 spiro atoms. The maximum atomic E-state index is 9.25. The SMILES string of the molecule is CC(C)(C)c1nc(Cl)cc(N(CCO)C2CCC2)n1. The minimum absolute atomic E-state index is 0.128. The molecule has 1 aromatic rings. The van der Waals surface area contributed by atoms with Crippen LogP contribution in [-0.4, -0.2) is 34.3 Å². The predicted octanol–water partition coefficient (Wildman–Crippen LogP) is 2.78. The summed E-state index contributed by atoms with van der Waals surface area (Å²) in [5.41, 5.74) is -0.135. The molecule has 1 aromatic heterocycles. The van der Waals surface area contributed by atoms with Gasteiger partial charge in [-0.1, -0.05) is 32.4 Å². The molecule has 4 nitrogen and oxygen atoms in total. The lowest BCUT2D eigenvalue weighted by Gasteiger charge is -2.38. The average molecular weight is 284 g/mol. The maximum Gasteiger partial charge on any atom is 0.137 e. The van der Waals surface area contributed by atoms with E-state index in [9.17, 15) is 5.11 Å². The summed E-state index contributed by atoms with van der Waals surface area (Å²) in [5.74, 6) is 1.58. The predicted molar refractivity (Wildman–Crippen MR) is 77.8 cm³/mol. The van der Waals surface area contributed by atoms with Crippen molar-refractivity contribution in [2.45, 2.75) is 51.5 Å². The van der Waals surface area contributed by atoms with Crippen molar-refractivity contribution in [2.24, 2.45) is 0 Å². The molecule has 1 saturated carbocycles. The van der Waals surface area contributed by atoms with Crippen LogP contribution < -0.4 is 4.90 Å². The van der Waals surface area contributed by atoms with Gasteiger partial charge < -0.3 is 10.0 Å². The molecule has 0 aromatic carbocycles. The minimum atomic E-state index is -0.135. The highest BCUT2D eigenvalue weighted by molar-refractivity contribution is 6.29. The minimum Gasteiger partial charge on any atom is -0.395 e. The molecule has 2 rings (SSSR count). The summed E-state index contributed by atoms with van der Waals surface area (Å²) in [5, 5.41) is 9.72. The lowest BCUT2D eigenvalue weighted by Crippen LogP contribution is -2.42. The first-order chi connectivity index (χ1) is 8.91. The van der Waals surface area contributed by atoms with Gasteiger partial charge in [0.05, 0.1) is 6.61 Å². The number of rotatable bonds is 4. The molecule has 0 saturated heterocycles. The first-order valence-corrected chi connectivity index (χ1v) is 7.22. The Kier molecular flexibility index (Phi) is 4.31. The van der Waals surface area contributed by atoms with Gasteiger partial charge in [0.2, 0.25) is 0 Å². The van der Waals surface area contributed by atoms with Crippen molar-refractivity contribution in [3.8, 4) is 0 Å². The van der Waals surface area contributed by atoms with Crippen LogP contribution in [0.5, 0.6) is 0 Å². The zero-order chi connectivity index (χ0) is 14.0. The molecule has 0 aliphatic heterocycles. The molecule has 106 valence electrons. The second kappa shape index (κ2) is 5.63. The van der Waals surface area contributed by atoms with Crippen molar-refractivity contribution < 1.29 is 5.11 Å². The lowest BCUT2D eigenvalue weighted by atomic mass is 9.91. The monoisotopic (exact) mass is 283 g/mol. The number of halogens is 1. The van der Waals surface area contributed by atoms with Gasteiger partial charge in [0.25, 0.3) is 0 Å². The number of anilines is 1. The highest BCUT2D eigenvalue weighted by atomic mass is 35.5. The van der Waals surface area contributed by atoms with Crippen molar-refractivity contribution >= 4 is 17.4 Å². The van der Waals surface area contributed by atoms with Crippen molar-refractivity contribution in [3.05, 3.63) is 17.0 Å². The number of hydrogen-bond acceptors (Lipinski definition) is 4. The van der Waals surface area contributed by atoms with Crippen molar-refractivity contribution in [2.75, 3.05) is 18.1 Å². The van der Waals surface area contributed by atoms with Gasteiger partial charge in [0.1, 0.15) is 16.8 Å². The standard InChI is InChI=1S/C14H22ClN3O/c1-14(2,3)13-16-11(15)9-12(17-13)18(7-8-19)10-5-4-6-10/h9-10,19H,4-8H2,1-3H3. The first-order valence-electron chi connectivity index (χ1n) is 6.84. The van der Waals surface area contributed by atoms with Crippen LogP contribution in [0, 0.1) is 0 Å². The Morgan fingerprint density at radius 2 is 2.05 bits per heavy atom. The molecular formula is C14H22ClN3O. The number of hydrogen-bond donors (Lipinski definition) is 1. The van der Waals surface area contributed by atoms with Crippen LogP contribution in [0.1, 0.15) is 45.9 Å². The second-order valence-corrected chi connectivity index (χ2v) is 6.51. The van der Waals surface area contributed by atoms with E-state index in [1.165, 1.54) is 6.42 Å². The molecule has 0 bridgehead atoms. The first kappa shape index (κ1) is 14.5. The van der Waals surface area contributed by atoms with Crippen LogP contribution in [0.3, 0.4) is 0 Å². The van der Waals surface area contributed by atoms with Crippen LogP contribution >= 0.6 is 11.6 Å². The van der Waals surface area contributed by atoms with Crippen LogP contribution in [0.4, 0.5) is 5.82 Å². The maximum absolute atomic E-state index is 9.25. The molecular weight excluding hydrogens is 262 g/mol. The summed E-state index contributed by atoms with van der Waals surface area (Å²) in [6, 6.07) is 2.27. The fourth-order valence-electron chi connectivity index (χ4n) is 2.18. The molecule has 19 heavy (non-hydrogen) atoms. The molecule has 1 fully saturated rings. The van der Waals surface area contributed by atoms with Crippen LogP contribution in [0.25, 0.3) is 0 Å². The Morgan fingerprint density at radius 3 is 2.53 bits per heavy atom. The van der Waals surface area contributed by atoms with Crippen molar-refractivity contribution in [3.63, 3.8) is 0 Å². The smallest absolute Gasteiger partial charge is 0.137 e. The molecule has 1 aliphatic rings. The fourth-order valence-corrected chi connectivity index (χ4v) is 2.36. The lowest BCUT2D eigenvalue weighted by molar-refractivity contribution is 0.282. The summed E-state index contributed by atoms with van der Waals surface area (Å²) >= 11 is 6.13. The molecule has 5 heteroatoms. The van der Waals surface area contributed by atoms with E-state index in [0.29, 0.717) is 17.7 Å². The third kappa shape index (κ3) is 3.37. The van der Waals surface area contributed by atoms with Gasteiger partial charge in [0.15, 0.2) is 0 Å². The third-order valence-corrected chi connectivity index (χ3v) is 3.70. The van der Waals surface area contributed by atoms with Gasteiger partial charge >= 0.3 is 0 Å². The van der Waals surface area contributed by atoms with E-state index in [2.05, 4.69) is 35.6 Å². The van der Waals surface area contributed by atoms with E-state index in [1.807, 2.05) is 0 Å². The summed E-state index contributed by atoms with van der Waals surface area (Å²) in [6.45, 7) is 6.94. The Morgan fingerprint density at radius 1 is 1.37 bits per heavy atom. The molecule has 1 N–H and O–H groups in total. The second-order valence-electron chi connectivity index (χ2n) is 6.12. The fraction of sp³-hybridized carbons (Fsp3) is 0.714. The zero-order valence-corrected chi connectivity index (χ0v) is 12.6. The summed E-state index contributed by atoms with van der Waals surface area (Å²) in [4.78, 5) is 11.1. The van der Waals surface area contributed by atoms with E-state index < -0.39 is 0 Å². The molecule has 0 amide bonds. The van der Waals surface area contributed by atoms with E-state index in [-0.39, 0.29) is 12.0 Å². The van der Waals surface area contributed by atoms with E-state index in [0.717, 1.165) is 24.5 Å². The number of aromatic nitrogens is 2. The van der Waals surface area contributed by atoms with Crippen molar-refractivity contribution in [1.82, 2.24) is 9.97 Å². The quantitative estimate of drug-likeness (QED) is 0.863. The molecule has 0 radical (unpaired) electrons. The van der Waals surface area contributed by atoms with Crippen LogP contribution in [0.2, 0.25) is 5.15 Å².